The second kappa shape index (κ2) is 8.21. The van der Waals surface area contributed by atoms with Crippen molar-refractivity contribution in [2.75, 3.05) is 21.3 Å². The van der Waals surface area contributed by atoms with Gasteiger partial charge in [0.15, 0.2) is 0 Å². The lowest BCUT2D eigenvalue weighted by Crippen LogP contribution is -2.03. The highest BCUT2D eigenvalue weighted by Gasteiger charge is 2.09. The quantitative estimate of drug-likeness (QED) is 0.597. The van der Waals surface area contributed by atoms with E-state index in [0.29, 0.717) is 11.5 Å². The number of benzene rings is 3. The lowest BCUT2D eigenvalue weighted by molar-refractivity contribution is 0.394. The van der Waals surface area contributed by atoms with E-state index < -0.39 is 0 Å². The van der Waals surface area contributed by atoms with Gasteiger partial charge in [0.2, 0.25) is 0 Å². The third-order valence-corrected chi connectivity index (χ3v) is 3.99. The summed E-state index contributed by atoms with van der Waals surface area (Å²) in [7, 11) is 4.91. The molecule has 0 aliphatic rings. The highest BCUT2D eigenvalue weighted by atomic mass is 16.5. The fourth-order valence-corrected chi connectivity index (χ4v) is 2.63. The molecule has 0 aliphatic carbocycles. The number of nitrogens with zero attached hydrogens (tertiary/aromatic N) is 1. The summed E-state index contributed by atoms with van der Waals surface area (Å²) in [5.41, 5.74) is 3.65. The van der Waals surface area contributed by atoms with E-state index in [0.717, 1.165) is 28.3 Å². The SMILES string of the molecule is COc1ccc(C(=Nc2cc(OC)cc(OC)c2)c2ccccc2)cc1. The average molecular weight is 347 g/mol. The minimum absolute atomic E-state index is 0.699. The predicted molar refractivity (Wildman–Crippen MR) is 104 cm³/mol. The molecule has 0 amide bonds. The Labute approximate surface area is 153 Å². The Morgan fingerprint density at radius 1 is 0.615 bits per heavy atom. The Morgan fingerprint density at radius 3 is 1.69 bits per heavy atom. The lowest BCUT2D eigenvalue weighted by atomic mass is 10.0. The Hall–Kier alpha value is -3.27. The molecule has 132 valence electrons. The van der Waals surface area contributed by atoms with Gasteiger partial charge < -0.3 is 14.2 Å². The van der Waals surface area contributed by atoms with Gasteiger partial charge in [0.25, 0.3) is 0 Å². The molecule has 3 rings (SSSR count). The summed E-state index contributed by atoms with van der Waals surface area (Å²) in [5.74, 6) is 2.21. The normalized spacial score (nSPS) is 11.1. The van der Waals surface area contributed by atoms with Crippen molar-refractivity contribution in [3.63, 3.8) is 0 Å². The molecule has 4 nitrogen and oxygen atoms in total. The molecule has 3 aromatic rings. The largest absolute Gasteiger partial charge is 0.497 e. The number of hydrogen-bond acceptors (Lipinski definition) is 4. The molecular weight excluding hydrogens is 326 g/mol. The standard InChI is InChI=1S/C22H21NO3/c1-24-19-11-9-17(10-12-19)22(16-7-5-4-6-8-16)23-18-13-20(25-2)15-21(14-18)26-3/h4-15H,1-3H3. The van der Waals surface area contributed by atoms with Crippen LogP contribution in [0.25, 0.3) is 0 Å². The van der Waals surface area contributed by atoms with Crippen LogP contribution in [-0.2, 0) is 0 Å². The minimum atomic E-state index is 0.699. The van der Waals surface area contributed by atoms with Crippen LogP contribution in [0.3, 0.4) is 0 Å². The minimum Gasteiger partial charge on any atom is -0.497 e. The van der Waals surface area contributed by atoms with E-state index in [1.165, 1.54) is 0 Å². The molecule has 0 unspecified atom stereocenters. The second-order valence-corrected chi connectivity index (χ2v) is 5.63. The fourth-order valence-electron chi connectivity index (χ4n) is 2.63. The molecule has 0 aromatic heterocycles. The van der Waals surface area contributed by atoms with Crippen molar-refractivity contribution in [2.45, 2.75) is 0 Å². The Balaban J connectivity index is 2.12. The Kier molecular flexibility index (Phi) is 5.54. The molecule has 0 aliphatic heterocycles. The molecule has 26 heavy (non-hydrogen) atoms. The topological polar surface area (TPSA) is 40.0 Å². The number of ether oxygens (including phenoxy) is 3. The summed E-state index contributed by atoms with van der Waals surface area (Å²) in [6, 6.07) is 23.5. The fraction of sp³-hybridized carbons (Fsp3) is 0.136. The summed E-state index contributed by atoms with van der Waals surface area (Å²) in [6.45, 7) is 0. The van der Waals surface area contributed by atoms with Crippen LogP contribution in [-0.4, -0.2) is 27.0 Å². The molecule has 3 aromatic carbocycles. The Bertz CT molecular complexity index is 865. The van der Waals surface area contributed by atoms with Crippen molar-refractivity contribution < 1.29 is 14.2 Å². The van der Waals surface area contributed by atoms with Crippen molar-refractivity contribution in [2.24, 2.45) is 4.99 Å². The van der Waals surface area contributed by atoms with Crippen LogP contribution in [0.1, 0.15) is 11.1 Å². The molecule has 4 heteroatoms. The molecule has 0 heterocycles. The van der Waals surface area contributed by atoms with Crippen LogP contribution < -0.4 is 14.2 Å². The van der Waals surface area contributed by atoms with Gasteiger partial charge in [-0.25, -0.2) is 4.99 Å². The van der Waals surface area contributed by atoms with Crippen molar-refractivity contribution >= 4 is 11.4 Å². The van der Waals surface area contributed by atoms with E-state index >= 15 is 0 Å². The van der Waals surface area contributed by atoms with Gasteiger partial charge >= 0.3 is 0 Å². The first-order valence-corrected chi connectivity index (χ1v) is 8.25. The van der Waals surface area contributed by atoms with E-state index in [4.69, 9.17) is 19.2 Å². The number of aliphatic imine (C=N–C) groups is 1. The van der Waals surface area contributed by atoms with Crippen LogP contribution in [0.2, 0.25) is 0 Å². The van der Waals surface area contributed by atoms with Crippen molar-refractivity contribution in [3.05, 3.63) is 83.9 Å². The highest BCUT2D eigenvalue weighted by Crippen LogP contribution is 2.29. The maximum atomic E-state index is 5.35. The first kappa shape index (κ1) is 17.5. The van der Waals surface area contributed by atoms with Gasteiger partial charge in [0.05, 0.1) is 32.7 Å². The molecule has 0 saturated heterocycles. The molecule has 0 fully saturated rings. The van der Waals surface area contributed by atoms with E-state index in [9.17, 15) is 0 Å². The Morgan fingerprint density at radius 2 is 1.15 bits per heavy atom. The number of methoxy groups -OCH3 is 3. The predicted octanol–water partition coefficient (Wildman–Crippen LogP) is 4.88. The summed E-state index contributed by atoms with van der Waals surface area (Å²) < 4.78 is 16.0. The van der Waals surface area contributed by atoms with E-state index in [1.54, 1.807) is 21.3 Å². The maximum Gasteiger partial charge on any atom is 0.124 e. The van der Waals surface area contributed by atoms with Crippen LogP contribution in [0.4, 0.5) is 5.69 Å². The number of rotatable bonds is 6. The second-order valence-electron chi connectivity index (χ2n) is 5.63. The summed E-state index contributed by atoms with van der Waals surface area (Å²) in [6.07, 6.45) is 0. The van der Waals surface area contributed by atoms with Gasteiger partial charge in [0.1, 0.15) is 17.2 Å². The average Bonchev–Trinajstić information content (AvgIpc) is 2.72. The summed E-state index contributed by atoms with van der Waals surface area (Å²) in [4.78, 5) is 4.89. The highest BCUT2D eigenvalue weighted by molar-refractivity contribution is 6.14. The first-order chi connectivity index (χ1) is 12.7. The zero-order chi connectivity index (χ0) is 18.4. The van der Waals surface area contributed by atoms with Crippen LogP contribution >= 0.6 is 0 Å². The molecular formula is C22H21NO3. The van der Waals surface area contributed by atoms with Crippen molar-refractivity contribution in [1.29, 1.82) is 0 Å². The first-order valence-electron chi connectivity index (χ1n) is 8.25. The lowest BCUT2D eigenvalue weighted by Gasteiger charge is -2.10. The monoisotopic (exact) mass is 347 g/mol. The van der Waals surface area contributed by atoms with E-state index in [2.05, 4.69) is 0 Å². The third-order valence-electron chi connectivity index (χ3n) is 3.99. The smallest absolute Gasteiger partial charge is 0.124 e. The summed E-state index contributed by atoms with van der Waals surface area (Å²) >= 11 is 0. The van der Waals surface area contributed by atoms with Gasteiger partial charge in [0, 0.05) is 29.3 Å². The molecule has 0 radical (unpaired) electrons. The molecule has 0 saturated carbocycles. The van der Waals surface area contributed by atoms with Crippen molar-refractivity contribution in [1.82, 2.24) is 0 Å². The van der Waals surface area contributed by atoms with Crippen LogP contribution in [0.15, 0.2) is 77.8 Å². The van der Waals surface area contributed by atoms with Gasteiger partial charge in [-0.05, 0) is 24.3 Å². The molecule has 0 spiro atoms. The van der Waals surface area contributed by atoms with E-state index in [-0.39, 0.29) is 0 Å². The molecule has 0 atom stereocenters. The van der Waals surface area contributed by atoms with E-state index in [1.807, 2.05) is 72.8 Å². The van der Waals surface area contributed by atoms with Crippen LogP contribution in [0, 0.1) is 0 Å². The number of hydrogen-bond donors (Lipinski definition) is 0. The zero-order valence-corrected chi connectivity index (χ0v) is 15.1. The zero-order valence-electron chi connectivity index (χ0n) is 15.1. The van der Waals surface area contributed by atoms with Gasteiger partial charge in [-0.15, -0.1) is 0 Å². The van der Waals surface area contributed by atoms with Gasteiger partial charge in [-0.3, -0.25) is 0 Å². The van der Waals surface area contributed by atoms with Gasteiger partial charge in [-0.1, -0.05) is 30.3 Å². The molecule has 0 N–H and O–H groups in total. The van der Waals surface area contributed by atoms with Crippen LogP contribution in [0.5, 0.6) is 17.2 Å². The third kappa shape index (κ3) is 4.03. The molecule has 0 bridgehead atoms. The summed E-state index contributed by atoms with van der Waals surface area (Å²) in [5, 5.41) is 0. The maximum absolute atomic E-state index is 5.35. The van der Waals surface area contributed by atoms with Crippen molar-refractivity contribution in [3.8, 4) is 17.2 Å². The van der Waals surface area contributed by atoms with Gasteiger partial charge in [-0.2, -0.15) is 0 Å².